The lowest BCUT2D eigenvalue weighted by molar-refractivity contribution is 0.463. The number of hydrogen-bond acceptors (Lipinski definition) is 1. The van der Waals surface area contributed by atoms with Gasteiger partial charge in [0.2, 0.25) is 0 Å². The maximum Gasteiger partial charge on any atom is 0.0331 e. The molecular formula is C19H23N. The van der Waals surface area contributed by atoms with Crippen LogP contribution in [-0.4, -0.2) is 0 Å². The Hall–Kier alpha value is -1.60. The molecule has 104 valence electrons. The summed E-state index contributed by atoms with van der Waals surface area (Å²) in [6.45, 7) is 6.65. The van der Waals surface area contributed by atoms with Crippen molar-refractivity contribution in [2.75, 3.05) is 0 Å². The third-order valence-corrected chi connectivity index (χ3v) is 4.49. The van der Waals surface area contributed by atoms with Crippen molar-refractivity contribution in [3.8, 4) is 0 Å². The lowest BCUT2D eigenvalue weighted by Gasteiger charge is -2.22. The van der Waals surface area contributed by atoms with Gasteiger partial charge in [0.15, 0.2) is 0 Å². The second kappa shape index (κ2) is 5.41. The Kier molecular flexibility index (Phi) is 3.62. The lowest BCUT2D eigenvalue weighted by Crippen LogP contribution is -2.23. The minimum atomic E-state index is 0.396. The minimum absolute atomic E-state index is 0.396. The predicted octanol–water partition coefficient (Wildman–Crippen LogP) is 4.64. The summed E-state index contributed by atoms with van der Waals surface area (Å²) in [5, 5.41) is 3.82. The molecule has 1 aliphatic rings. The van der Waals surface area contributed by atoms with Crippen LogP contribution in [0.25, 0.3) is 0 Å². The molecule has 0 fully saturated rings. The molecule has 20 heavy (non-hydrogen) atoms. The van der Waals surface area contributed by atoms with Crippen molar-refractivity contribution in [1.82, 2.24) is 5.32 Å². The maximum atomic E-state index is 3.82. The lowest BCUT2D eigenvalue weighted by atomic mass is 10.00. The van der Waals surface area contributed by atoms with Crippen LogP contribution in [0.5, 0.6) is 0 Å². The Balaban J connectivity index is 1.80. The van der Waals surface area contributed by atoms with Crippen LogP contribution in [0.4, 0.5) is 0 Å². The van der Waals surface area contributed by atoms with E-state index in [0.29, 0.717) is 12.1 Å². The Bertz CT molecular complexity index is 615. The molecule has 0 amide bonds. The molecule has 2 aromatic rings. The zero-order chi connectivity index (χ0) is 14.1. The fraction of sp³-hybridized carbons (Fsp3) is 0.368. The highest BCUT2D eigenvalue weighted by Crippen LogP contribution is 2.34. The highest BCUT2D eigenvalue weighted by molar-refractivity contribution is 5.38. The molecule has 0 aromatic heterocycles. The summed E-state index contributed by atoms with van der Waals surface area (Å²) < 4.78 is 0. The van der Waals surface area contributed by atoms with E-state index in [9.17, 15) is 0 Å². The largest absolute Gasteiger partial charge is 0.303 e. The van der Waals surface area contributed by atoms with Gasteiger partial charge in [0, 0.05) is 12.1 Å². The second-order valence-electron chi connectivity index (χ2n) is 6.04. The van der Waals surface area contributed by atoms with Crippen LogP contribution >= 0.6 is 0 Å². The molecular weight excluding hydrogens is 242 g/mol. The first-order chi connectivity index (χ1) is 9.65. The highest BCUT2D eigenvalue weighted by atomic mass is 15.0. The van der Waals surface area contributed by atoms with Gasteiger partial charge in [0.1, 0.15) is 0 Å². The van der Waals surface area contributed by atoms with E-state index < -0.39 is 0 Å². The van der Waals surface area contributed by atoms with Gasteiger partial charge in [-0.1, -0.05) is 48.0 Å². The summed E-state index contributed by atoms with van der Waals surface area (Å²) in [6, 6.07) is 16.4. The van der Waals surface area contributed by atoms with Gasteiger partial charge in [-0.15, -0.1) is 0 Å². The first-order valence-electron chi connectivity index (χ1n) is 7.56. The van der Waals surface area contributed by atoms with E-state index in [1.54, 1.807) is 0 Å². The standard InChI is InChI=1S/C19H23N/c1-13-8-9-16-10-11-19(18(16)12-13)20-15(3)17-7-5-4-6-14(17)2/h4-9,12,15,19-20H,10-11H2,1-3H3. The molecule has 3 rings (SSSR count). The monoisotopic (exact) mass is 265 g/mol. The third-order valence-electron chi connectivity index (χ3n) is 4.49. The summed E-state index contributed by atoms with van der Waals surface area (Å²) in [5.41, 5.74) is 7.17. The molecule has 0 spiro atoms. The maximum absolute atomic E-state index is 3.82. The second-order valence-corrected chi connectivity index (χ2v) is 6.04. The minimum Gasteiger partial charge on any atom is -0.303 e. The SMILES string of the molecule is Cc1ccc2c(c1)C(NC(C)c1ccccc1C)CC2. The first-order valence-corrected chi connectivity index (χ1v) is 7.56. The number of rotatable bonds is 3. The number of hydrogen-bond donors (Lipinski definition) is 1. The molecule has 0 heterocycles. The average Bonchev–Trinajstić information content (AvgIpc) is 2.82. The Labute approximate surface area is 122 Å². The fourth-order valence-corrected chi connectivity index (χ4v) is 3.36. The van der Waals surface area contributed by atoms with Crippen molar-refractivity contribution >= 4 is 0 Å². The molecule has 0 saturated carbocycles. The summed E-state index contributed by atoms with van der Waals surface area (Å²) in [4.78, 5) is 0. The zero-order valence-electron chi connectivity index (χ0n) is 12.6. The number of nitrogens with one attached hydrogen (secondary N) is 1. The van der Waals surface area contributed by atoms with E-state index in [0.717, 1.165) is 0 Å². The molecule has 1 nitrogen and oxygen atoms in total. The van der Waals surface area contributed by atoms with Crippen molar-refractivity contribution < 1.29 is 0 Å². The molecule has 0 saturated heterocycles. The molecule has 0 bridgehead atoms. The van der Waals surface area contributed by atoms with Gasteiger partial charge in [0.25, 0.3) is 0 Å². The molecule has 2 atom stereocenters. The van der Waals surface area contributed by atoms with Crippen LogP contribution in [0.1, 0.15) is 53.2 Å². The van der Waals surface area contributed by atoms with Crippen molar-refractivity contribution in [3.05, 3.63) is 70.3 Å². The van der Waals surface area contributed by atoms with Crippen molar-refractivity contribution in [2.45, 2.75) is 45.7 Å². The van der Waals surface area contributed by atoms with Crippen LogP contribution in [0.15, 0.2) is 42.5 Å². The third kappa shape index (κ3) is 2.51. The molecule has 1 heteroatoms. The van der Waals surface area contributed by atoms with Gasteiger partial charge >= 0.3 is 0 Å². The van der Waals surface area contributed by atoms with Gasteiger partial charge in [-0.3, -0.25) is 0 Å². The first kappa shape index (κ1) is 13.4. The summed E-state index contributed by atoms with van der Waals surface area (Å²) in [7, 11) is 0. The fourth-order valence-electron chi connectivity index (χ4n) is 3.36. The highest BCUT2D eigenvalue weighted by Gasteiger charge is 2.24. The number of benzene rings is 2. The number of fused-ring (bicyclic) bond motifs is 1. The smallest absolute Gasteiger partial charge is 0.0331 e. The predicted molar refractivity (Wildman–Crippen MR) is 85.0 cm³/mol. The summed E-state index contributed by atoms with van der Waals surface area (Å²) in [6.07, 6.45) is 2.42. The van der Waals surface area contributed by atoms with E-state index in [2.05, 4.69) is 68.6 Å². The molecule has 0 radical (unpaired) electrons. The van der Waals surface area contributed by atoms with Crippen molar-refractivity contribution in [2.24, 2.45) is 0 Å². The Morgan fingerprint density at radius 1 is 1.10 bits per heavy atom. The molecule has 1 aliphatic carbocycles. The van der Waals surface area contributed by atoms with Gasteiger partial charge in [-0.2, -0.15) is 0 Å². The Morgan fingerprint density at radius 3 is 2.70 bits per heavy atom. The van der Waals surface area contributed by atoms with Crippen LogP contribution < -0.4 is 5.32 Å². The molecule has 2 aromatic carbocycles. The average molecular weight is 265 g/mol. The van der Waals surface area contributed by atoms with Crippen LogP contribution in [0, 0.1) is 13.8 Å². The van der Waals surface area contributed by atoms with Crippen molar-refractivity contribution in [3.63, 3.8) is 0 Å². The van der Waals surface area contributed by atoms with E-state index in [-0.39, 0.29) is 0 Å². The zero-order valence-corrected chi connectivity index (χ0v) is 12.6. The number of aryl methyl sites for hydroxylation is 3. The van der Waals surface area contributed by atoms with Gasteiger partial charge in [-0.05, 0) is 55.9 Å². The summed E-state index contributed by atoms with van der Waals surface area (Å²) >= 11 is 0. The van der Waals surface area contributed by atoms with Crippen molar-refractivity contribution in [1.29, 1.82) is 0 Å². The molecule has 2 unspecified atom stereocenters. The summed E-state index contributed by atoms with van der Waals surface area (Å²) in [5.74, 6) is 0. The van der Waals surface area contributed by atoms with Crippen LogP contribution in [-0.2, 0) is 6.42 Å². The van der Waals surface area contributed by atoms with E-state index in [1.165, 1.54) is 40.7 Å². The van der Waals surface area contributed by atoms with E-state index in [1.807, 2.05) is 0 Å². The van der Waals surface area contributed by atoms with E-state index in [4.69, 9.17) is 0 Å². The van der Waals surface area contributed by atoms with Gasteiger partial charge in [0.05, 0.1) is 0 Å². The van der Waals surface area contributed by atoms with Crippen LogP contribution in [0.2, 0.25) is 0 Å². The topological polar surface area (TPSA) is 12.0 Å². The van der Waals surface area contributed by atoms with Crippen LogP contribution in [0.3, 0.4) is 0 Å². The van der Waals surface area contributed by atoms with E-state index >= 15 is 0 Å². The van der Waals surface area contributed by atoms with Gasteiger partial charge in [-0.25, -0.2) is 0 Å². The molecule has 0 aliphatic heterocycles. The normalized spacial score (nSPS) is 18.9. The quantitative estimate of drug-likeness (QED) is 0.852. The Morgan fingerprint density at radius 2 is 1.90 bits per heavy atom. The van der Waals surface area contributed by atoms with Gasteiger partial charge < -0.3 is 5.32 Å². The molecule has 1 N–H and O–H groups in total.